The minimum atomic E-state index is -1.39. The topological polar surface area (TPSA) is 171 Å². The molecular weight excluding hydrogens is 586 g/mol. The summed E-state index contributed by atoms with van der Waals surface area (Å²) in [6, 6.07) is 13.5. The van der Waals surface area contributed by atoms with Crippen LogP contribution in [0.5, 0.6) is 0 Å². The number of likely N-dealkylation sites (N-methyl/N-ethyl adjacent to an activating group) is 1. The Morgan fingerprint density at radius 1 is 1.00 bits per heavy atom. The number of carbonyl (C=O) groups is 5. The molecule has 44 heavy (non-hydrogen) atoms. The lowest BCUT2D eigenvalue weighted by atomic mass is 10.0. The van der Waals surface area contributed by atoms with Crippen LogP contribution < -0.4 is 16.0 Å². The quantitative estimate of drug-likeness (QED) is 0.235. The average Bonchev–Trinajstić information content (AvgIpc) is 3.53. The molecular formula is C31H33N5O7S. The van der Waals surface area contributed by atoms with Crippen LogP contribution in [0.3, 0.4) is 0 Å². The molecule has 1 aliphatic heterocycles. The van der Waals surface area contributed by atoms with Crippen LogP contribution in [0.2, 0.25) is 0 Å². The minimum Gasteiger partial charge on any atom is -0.391 e. The van der Waals surface area contributed by atoms with Gasteiger partial charge in [0.2, 0.25) is 11.8 Å². The Bertz CT molecular complexity index is 1580. The molecule has 12 nitrogen and oxygen atoms in total. The van der Waals surface area contributed by atoms with E-state index in [4.69, 9.17) is 4.52 Å². The Balaban J connectivity index is 1.50. The molecule has 1 aromatic heterocycles. The third-order valence-electron chi connectivity index (χ3n) is 6.84. The molecule has 5 amide bonds. The Hall–Kier alpha value is -4.75. The Morgan fingerprint density at radius 2 is 1.66 bits per heavy atom. The molecule has 4 N–H and O–H groups in total. The zero-order chi connectivity index (χ0) is 32.0. The fraction of sp³-hybridized carbons (Fsp3) is 0.290. The molecule has 3 aromatic rings. The van der Waals surface area contributed by atoms with Crippen molar-refractivity contribution in [3.05, 3.63) is 93.2 Å². The number of nitrogens with one attached hydrogen (secondary N) is 3. The number of carbonyl (C=O) groups excluding carboxylic acids is 5. The summed E-state index contributed by atoms with van der Waals surface area (Å²) in [7, 11) is 1.42. The Labute approximate surface area is 258 Å². The number of benzene rings is 2. The van der Waals surface area contributed by atoms with Gasteiger partial charge in [0, 0.05) is 26.1 Å². The first kappa shape index (κ1) is 32.2. The zero-order valence-electron chi connectivity index (χ0n) is 24.6. The van der Waals surface area contributed by atoms with Crippen molar-refractivity contribution in [2.45, 2.75) is 51.9 Å². The summed E-state index contributed by atoms with van der Waals surface area (Å²) >= 11 is 0.854. The lowest BCUT2D eigenvalue weighted by Crippen LogP contribution is -2.57. The smallest absolute Gasteiger partial charge is 0.293 e. The van der Waals surface area contributed by atoms with Crippen LogP contribution in [0.4, 0.5) is 4.79 Å². The standard InChI is InChI=1S/C31H33N5O7S/c1-17-5-7-22(8-6-17)16-32-27(38)23(33-29(40)26(19(3)37)34-28(39)24-13-18(2)43-35-24)14-20-9-11-21(12-10-20)15-25-30(41)36(4)31(42)44-25/h5-13,15,19,23,26,37H,14,16H2,1-4H3,(H,32,38)(H,33,40)(H,34,39). The van der Waals surface area contributed by atoms with Crippen molar-refractivity contribution in [3.8, 4) is 0 Å². The van der Waals surface area contributed by atoms with Crippen LogP contribution in [-0.2, 0) is 27.3 Å². The van der Waals surface area contributed by atoms with Gasteiger partial charge in [-0.3, -0.25) is 28.9 Å². The third-order valence-corrected chi connectivity index (χ3v) is 7.80. The molecule has 0 aliphatic carbocycles. The highest BCUT2D eigenvalue weighted by molar-refractivity contribution is 8.18. The lowest BCUT2D eigenvalue weighted by molar-refractivity contribution is -0.131. The molecule has 2 aromatic carbocycles. The van der Waals surface area contributed by atoms with Crippen LogP contribution in [0.1, 0.15) is 45.4 Å². The van der Waals surface area contributed by atoms with E-state index >= 15 is 0 Å². The van der Waals surface area contributed by atoms with Gasteiger partial charge in [0.05, 0.1) is 11.0 Å². The van der Waals surface area contributed by atoms with E-state index in [-0.39, 0.29) is 29.8 Å². The van der Waals surface area contributed by atoms with Crippen LogP contribution in [0, 0.1) is 13.8 Å². The number of aromatic nitrogens is 1. The van der Waals surface area contributed by atoms with Gasteiger partial charge in [-0.05, 0) is 55.3 Å². The summed E-state index contributed by atoms with van der Waals surface area (Å²) < 4.78 is 4.92. The summed E-state index contributed by atoms with van der Waals surface area (Å²) in [6.45, 7) is 5.13. The van der Waals surface area contributed by atoms with E-state index in [0.29, 0.717) is 21.8 Å². The van der Waals surface area contributed by atoms with Crippen molar-refractivity contribution in [1.29, 1.82) is 0 Å². The molecule has 0 bridgehead atoms. The van der Waals surface area contributed by atoms with Crippen LogP contribution in [0.25, 0.3) is 6.08 Å². The maximum Gasteiger partial charge on any atom is 0.293 e. The summed E-state index contributed by atoms with van der Waals surface area (Å²) in [5, 5.41) is 21.6. The molecule has 1 saturated heterocycles. The summed E-state index contributed by atoms with van der Waals surface area (Å²) in [6.07, 6.45) is 0.399. The van der Waals surface area contributed by atoms with E-state index in [1.54, 1.807) is 37.3 Å². The second kappa shape index (κ2) is 14.1. The number of aliphatic hydroxyl groups is 1. The van der Waals surface area contributed by atoms with Crippen LogP contribution in [0.15, 0.2) is 64.0 Å². The van der Waals surface area contributed by atoms with E-state index in [1.807, 2.05) is 31.2 Å². The average molecular weight is 620 g/mol. The molecule has 0 spiro atoms. The number of aliphatic hydroxyl groups excluding tert-OH is 1. The first-order valence-corrected chi connectivity index (χ1v) is 14.6. The summed E-state index contributed by atoms with van der Waals surface area (Å²) in [4.78, 5) is 64.7. The number of aryl methyl sites for hydroxylation is 2. The van der Waals surface area contributed by atoms with Crippen molar-refractivity contribution in [3.63, 3.8) is 0 Å². The van der Waals surface area contributed by atoms with Crippen molar-refractivity contribution < 1.29 is 33.6 Å². The number of thioether (sulfide) groups is 1. The number of hydrogen-bond acceptors (Lipinski definition) is 9. The number of rotatable bonds is 11. The van der Waals surface area contributed by atoms with Gasteiger partial charge in [-0.15, -0.1) is 0 Å². The third kappa shape index (κ3) is 8.20. The van der Waals surface area contributed by atoms with Crippen molar-refractivity contribution >= 4 is 46.7 Å². The second-order valence-electron chi connectivity index (χ2n) is 10.5. The highest BCUT2D eigenvalue weighted by Crippen LogP contribution is 2.31. The summed E-state index contributed by atoms with van der Waals surface area (Å²) in [5.41, 5.74) is 3.25. The van der Waals surface area contributed by atoms with Crippen molar-refractivity contribution in [2.24, 2.45) is 0 Å². The van der Waals surface area contributed by atoms with Gasteiger partial charge in [-0.1, -0.05) is 59.3 Å². The molecule has 13 heteroatoms. The van der Waals surface area contributed by atoms with Gasteiger partial charge >= 0.3 is 0 Å². The maximum absolute atomic E-state index is 13.4. The Kier molecular flexibility index (Phi) is 10.3. The van der Waals surface area contributed by atoms with E-state index in [9.17, 15) is 29.1 Å². The first-order valence-electron chi connectivity index (χ1n) is 13.8. The van der Waals surface area contributed by atoms with Crippen molar-refractivity contribution in [2.75, 3.05) is 7.05 Å². The molecule has 4 rings (SSSR count). The molecule has 1 aliphatic rings. The Morgan fingerprint density at radius 3 is 2.23 bits per heavy atom. The van der Waals surface area contributed by atoms with E-state index < -0.39 is 35.9 Å². The molecule has 1 fully saturated rings. The molecule has 230 valence electrons. The highest BCUT2D eigenvalue weighted by Gasteiger charge is 2.32. The lowest BCUT2D eigenvalue weighted by Gasteiger charge is -2.24. The number of imide groups is 1. The fourth-order valence-corrected chi connectivity index (χ4v) is 5.09. The van der Waals surface area contributed by atoms with Crippen LogP contribution >= 0.6 is 11.8 Å². The van der Waals surface area contributed by atoms with Gasteiger partial charge < -0.3 is 25.6 Å². The van der Waals surface area contributed by atoms with E-state index in [1.165, 1.54) is 20.0 Å². The zero-order valence-corrected chi connectivity index (χ0v) is 25.4. The number of hydrogen-bond donors (Lipinski definition) is 4. The van der Waals surface area contributed by atoms with Gasteiger partial charge in [0.15, 0.2) is 5.69 Å². The van der Waals surface area contributed by atoms with E-state index in [0.717, 1.165) is 27.8 Å². The van der Waals surface area contributed by atoms with Crippen LogP contribution in [-0.4, -0.2) is 69.3 Å². The number of amides is 5. The largest absolute Gasteiger partial charge is 0.391 e. The molecule has 3 atom stereocenters. The van der Waals surface area contributed by atoms with Gasteiger partial charge in [-0.25, -0.2) is 0 Å². The SMILES string of the molecule is Cc1ccc(CNC(=O)C(Cc2ccc(C=C3SC(=O)N(C)C3=O)cc2)NC(=O)C(NC(=O)c2cc(C)on2)C(C)O)cc1. The minimum absolute atomic E-state index is 0.0582. The van der Waals surface area contributed by atoms with Crippen molar-refractivity contribution in [1.82, 2.24) is 26.0 Å². The summed E-state index contributed by atoms with van der Waals surface area (Å²) in [5.74, 6) is -1.94. The predicted molar refractivity (Wildman–Crippen MR) is 163 cm³/mol. The monoisotopic (exact) mass is 619 g/mol. The van der Waals surface area contributed by atoms with E-state index in [2.05, 4.69) is 21.1 Å². The highest BCUT2D eigenvalue weighted by atomic mass is 32.2. The van der Waals surface area contributed by atoms with Gasteiger partial charge in [0.25, 0.3) is 17.1 Å². The second-order valence-corrected chi connectivity index (χ2v) is 11.5. The number of nitrogens with zero attached hydrogens (tertiary/aromatic N) is 2. The maximum atomic E-state index is 13.4. The van der Waals surface area contributed by atoms with Gasteiger partial charge in [0.1, 0.15) is 17.8 Å². The molecule has 0 saturated carbocycles. The molecule has 0 radical (unpaired) electrons. The first-order chi connectivity index (χ1) is 20.9. The fourth-order valence-electron chi connectivity index (χ4n) is 4.27. The molecule has 2 heterocycles. The predicted octanol–water partition coefficient (Wildman–Crippen LogP) is 2.48. The van der Waals surface area contributed by atoms with Gasteiger partial charge in [-0.2, -0.15) is 0 Å². The molecule has 3 unspecified atom stereocenters. The normalized spacial score (nSPS) is 16.0.